The summed E-state index contributed by atoms with van der Waals surface area (Å²) < 4.78 is 1.51. The summed E-state index contributed by atoms with van der Waals surface area (Å²) in [5, 5.41) is 9.94. The maximum atomic E-state index is 11.6. The number of aryl methyl sites for hydroxylation is 1. The average Bonchev–Trinajstić information content (AvgIpc) is 2.79. The van der Waals surface area contributed by atoms with Crippen molar-refractivity contribution >= 4 is 23.2 Å². The highest BCUT2D eigenvalue weighted by atomic mass is 35.5. The Hall–Kier alpha value is -2.40. The maximum absolute atomic E-state index is 11.6. The van der Waals surface area contributed by atoms with E-state index in [-0.39, 0.29) is 5.69 Å². The van der Waals surface area contributed by atoms with Gasteiger partial charge in [0.15, 0.2) is 5.69 Å². The van der Waals surface area contributed by atoms with Crippen molar-refractivity contribution in [2.24, 2.45) is 0 Å². The smallest absolute Gasteiger partial charge is 0.355 e. The van der Waals surface area contributed by atoms with Gasteiger partial charge in [0.05, 0.1) is 5.02 Å². The molecule has 0 aliphatic rings. The molecule has 3 rings (SSSR count). The van der Waals surface area contributed by atoms with Gasteiger partial charge in [-0.25, -0.2) is 9.78 Å². The molecule has 20 heavy (non-hydrogen) atoms. The van der Waals surface area contributed by atoms with E-state index < -0.39 is 5.97 Å². The van der Waals surface area contributed by atoms with Crippen LogP contribution in [0, 0.1) is 6.92 Å². The zero-order chi connectivity index (χ0) is 14.3. The summed E-state index contributed by atoms with van der Waals surface area (Å²) in [6, 6.07) is 5.21. The number of fused-ring (bicyclic) bond motifs is 1. The number of hydrogen-bond acceptors (Lipinski definition) is 3. The lowest BCUT2D eigenvalue weighted by atomic mass is 10.1. The van der Waals surface area contributed by atoms with Crippen LogP contribution >= 0.6 is 11.6 Å². The number of carboxylic acids is 1. The highest BCUT2D eigenvalue weighted by Crippen LogP contribution is 2.27. The van der Waals surface area contributed by atoms with Crippen LogP contribution in [0.15, 0.2) is 36.8 Å². The first-order valence-corrected chi connectivity index (χ1v) is 6.27. The minimum Gasteiger partial charge on any atom is -0.476 e. The maximum Gasteiger partial charge on any atom is 0.355 e. The van der Waals surface area contributed by atoms with E-state index in [0.29, 0.717) is 21.9 Å². The molecule has 6 heteroatoms. The van der Waals surface area contributed by atoms with Crippen molar-refractivity contribution in [1.82, 2.24) is 14.4 Å². The Kier molecular flexibility index (Phi) is 2.91. The zero-order valence-corrected chi connectivity index (χ0v) is 11.3. The number of nitrogens with zero attached hydrogens (tertiary/aromatic N) is 3. The number of halogens is 1. The largest absolute Gasteiger partial charge is 0.476 e. The Morgan fingerprint density at radius 3 is 2.70 bits per heavy atom. The molecule has 5 nitrogen and oxygen atoms in total. The predicted molar refractivity (Wildman–Crippen MR) is 75.1 cm³/mol. The molecule has 0 fully saturated rings. The van der Waals surface area contributed by atoms with E-state index in [1.807, 2.05) is 6.92 Å². The first-order valence-electron chi connectivity index (χ1n) is 5.90. The van der Waals surface area contributed by atoms with Crippen LogP contribution in [0.2, 0.25) is 5.02 Å². The van der Waals surface area contributed by atoms with E-state index in [9.17, 15) is 9.90 Å². The summed E-state index contributed by atoms with van der Waals surface area (Å²) in [6.45, 7) is 1.84. The fourth-order valence-corrected chi connectivity index (χ4v) is 2.45. The van der Waals surface area contributed by atoms with E-state index in [4.69, 9.17) is 11.6 Å². The van der Waals surface area contributed by atoms with Crippen LogP contribution in [0.3, 0.4) is 0 Å². The van der Waals surface area contributed by atoms with Gasteiger partial charge in [0, 0.05) is 24.2 Å². The van der Waals surface area contributed by atoms with Crippen LogP contribution in [-0.4, -0.2) is 25.4 Å². The van der Waals surface area contributed by atoms with E-state index in [1.165, 1.54) is 4.40 Å². The van der Waals surface area contributed by atoms with Crippen LogP contribution < -0.4 is 0 Å². The lowest BCUT2D eigenvalue weighted by Gasteiger charge is -2.01. The molecule has 3 aromatic rings. The molecule has 0 bridgehead atoms. The van der Waals surface area contributed by atoms with Gasteiger partial charge in [-0.3, -0.25) is 9.38 Å². The van der Waals surface area contributed by atoms with Gasteiger partial charge in [0.25, 0.3) is 0 Å². The molecule has 3 aromatic heterocycles. The number of hydrogen-bond donors (Lipinski definition) is 1. The minimum absolute atomic E-state index is 0.0943. The van der Waals surface area contributed by atoms with Gasteiger partial charge in [-0.1, -0.05) is 11.6 Å². The molecule has 0 atom stereocenters. The fourth-order valence-electron chi connectivity index (χ4n) is 2.18. The normalized spacial score (nSPS) is 10.9. The monoisotopic (exact) mass is 287 g/mol. The van der Waals surface area contributed by atoms with Crippen LogP contribution in [0.1, 0.15) is 16.1 Å². The van der Waals surface area contributed by atoms with Gasteiger partial charge in [0.1, 0.15) is 11.3 Å². The number of imidazole rings is 1. The van der Waals surface area contributed by atoms with Crippen molar-refractivity contribution in [3.8, 4) is 11.3 Å². The van der Waals surface area contributed by atoms with Gasteiger partial charge >= 0.3 is 5.97 Å². The first-order chi connectivity index (χ1) is 9.58. The van der Waals surface area contributed by atoms with Crippen molar-refractivity contribution < 1.29 is 9.90 Å². The van der Waals surface area contributed by atoms with E-state index in [1.54, 1.807) is 36.8 Å². The fraction of sp³-hybridized carbons (Fsp3) is 0.0714. The molecule has 0 saturated heterocycles. The van der Waals surface area contributed by atoms with Crippen molar-refractivity contribution in [3.63, 3.8) is 0 Å². The Balaban J connectivity index is 2.41. The molecule has 0 aromatic carbocycles. The molecule has 1 N–H and O–H groups in total. The number of aromatic carboxylic acids is 1. The Labute approximate surface area is 119 Å². The van der Waals surface area contributed by atoms with Gasteiger partial charge in [-0.05, 0) is 30.7 Å². The lowest BCUT2D eigenvalue weighted by Crippen LogP contribution is -2.04. The first kappa shape index (κ1) is 12.6. The third-order valence-corrected chi connectivity index (χ3v) is 3.23. The molecule has 0 aliphatic carbocycles. The molecule has 3 heterocycles. The second-order valence-electron chi connectivity index (χ2n) is 4.39. The number of carboxylic acid groups (broad SMARTS) is 1. The number of pyridine rings is 2. The SMILES string of the molecule is Cc1cc(Cl)cn2c(C(=O)O)c(-c3ccncc3)nc12. The third kappa shape index (κ3) is 1.92. The molecule has 0 radical (unpaired) electrons. The highest BCUT2D eigenvalue weighted by Gasteiger charge is 2.21. The van der Waals surface area contributed by atoms with Gasteiger partial charge < -0.3 is 5.11 Å². The predicted octanol–water partition coefficient (Wildman–Crippen LogP) is 3.06. The summed E-state index contributed by atoms with van der Waals surface area (Å²) in [5.74, 6) is -1.05. The standard InChI is InChI=1S/C14H10ClN3O2/c1-8-6-10(15)7-18-12(14(19)20)11(17-13(8)18)9-2-4-16-5-3-9/h2-7H,1H3,(H,19,20). The summed E-state index contributed by atoms with van der Waals surface area (Å²) >= 11 is 6.00. The molecule has 0 spiro atoms. The molecule has 100 valence electrons. The van der Waals surface area contributed by atoms with Crippen LogP contribution in [-0.2, 0) is 0 Å². The molecule has 0 amide bonds. The molecule has 0 saturated carbocycles. The summed E-state index contributed by atoms with van der Waals surface area (Å²) in [5.41, 5.74) is 2.61. The second kappa shape index (κ2) is 4.61. The van der Waals surface area contributed by atoms with Crippen LogP contribution in [0.4, 0.5) is 0 Å². The van der Waals surface area contributed by atoms with Gasteiger partial charge in [-0.15, -0.1) is 0 Å². The van der Waals surface area contributed by atoms with E-state index in [0.717, 1.165) is 5.56 Å². The quantitative estimate of drug-likeness (QED) is 0.786. The van der Waals surface area contributed by atoms with Crippen molar-refractivity contribution in [2.75, 3.05) is 0 Å². The number of carbonyl (C=O) groups is 1. The summed E-state index contributed by atoms with van der Waals surface area (Å²) in [4.78, 5) is 19.9. The minimum atomic E-state index is -1.05. The third-order valence-electron chi connectivity index (χ3n) is 3.03. The van der Waals surface area contributed by atoms with Crippen molar-refractivity contribution in [3.05, 3.63) is 53.1 Å². The Morgan fingerprint density at radius 1 is 1.35 bits per heavy atom. The topological polar surface area (TPSA) is 67.5 Å². The second-order valence-corrected chi connectivity index (χ2v) is 4.82. The van der Waals surface area contributed by atoms with Gasteiger partial charge in [-0.2, -0.15) is 0 Å². The molecular formula is C14H10ClN3O2. The Bertz CT molecular complexity index is 812. The number of aromatic nitrogens is 3. The van der Waals surface area contributed by atoms with Crippen molar-refractivity contribution in [2.45, 2.75) is 6.92 Å². The van der Waals surface area contributed by atoms with Crippen LogP contribution in [0.5, 0.6) is 0 Å². The average molecular weight is 288 g/mol. The number of rotatable bonds is 2. The van der Waals surface area contributed by atoms with E-state index in [2.05, 4.69) is 9.97 Å². The highest BCUT2D eigenvalue weighted by molar-refractivity contribution is 6.30. The molecule has 0 unspecified atom stereocenters. The summed E-state index contributed by atoms with van der Waals surface area (Å²) in [6.07, 6.45) is 4.76. The molecule has 0 aliphatic heterocycles. The van der Waals surface area contributed by atoms with Crippen molar-refractivity contribution in [1.29, 1.82) is 0 Å². The summed E-state index contributed by atoms with van der Waals surface area (Å²) in [7, 11) is 0. The van der Waals surface area contributed by atoms with Gasteiger partial charge in [0.2, 0.25) is 0 Å². The Morgan fingerprint density at radius 2 is 2.05 bits per heavy atom. The molecular weight excluding hydrogens is 278 g/mol. The zero-order valence-electron chi connectivity index (χ0n) is 10.5. The lowest BCUT2D eigenvalue weighted by molar-refractivity contribution is 0.0690. The van der Waals surface area contributed by atoms with Crippen LogP contribution in [0.25, 0.3) is 16.9 Å². The van der Waals surface area contributed by atoms with E-state index >= 15 is 0 Å².